The minimum Gasteiger partial charge on any atom is -0.388 e. The molecule has 2 rings (SSSR count). The molecule has 0 spiro atoms. The summed E-state index contributed by atoms with van der Waals surface area (Å²) < 4.78 is 27.2. The number of aliphatic hydroxyl groups is 1. The number of hydrogen-bond donors (Lipinski definition) is 2. The maximum atomic E-state index is 12.3. The van der Waals surface area contributed by atoms with Crippen molar-refractivity contribution in [3.63, 3.8) is 0 Å². The van der Waals surface area contributed by atoms with E-state index in [1.54, 1.807) is 18.2 Å². The Balaban J connectivity index is 1.92. The molecular formula is C18H29NO3S. The van der Waals surface area contributed by atoms with Crippen molar-refractivity contribution in [2.75, 3.05) is 10.5 Å². The number of nitrogens with one attached hydrogen (secondary N) is 1. The molecule has 2 N–H and O–H groups in total. The van der Waals surface area contributed by atoms with Gasteiger partial charge in [0.25, 0.3) is 0 Å². The number of hydrogen-bond acceptors (Lipinski definition) is 3. The predicted molar refractivity (Wildman–Crippen MR) is 94.9 cm³/mol. The average Bonchev–Trinajstić information content (AvgIpc) is 2.54. The van der Waals surface area contributed by atoms with Crippen LogP contribution < -0.4 is 4.72 Å². The van der Waals surface area contributed by atoms with Crippen molar-refractivity contribution >= 4 is 15.7 Å². The lowest BCUT2D eigenvalue weighted by Crippen LogP contribution is -2.20. The van der Waals surface area contributed by atoms with Crippen LogP contribution in [-0.4, -0.2) is 19.3 Å². The van der Waals surface area contributed by atoms with E-state index < -0.39 is 16.1 Å². The van der Waals surface area contributed by atoms with Crippen LogP contribution in [0.1, 0.15) is 70.0 Å². The highest BCUT2D eigenvalue weighted by atomic mass is 32.2. The van der Waals surface area contributed by atoms with Gasteiger partial charge < -0.3 is 5.11 Å². The standard InChI is InChI=1S/C18H29NO3S/c1-2-7-18(20)16-10-6-11-17(14-16)19-23(21,22)13-12-15-8-4-3-5-9-15/h6,10-11,14-15,18-20H,2-5,7-9,12-13H2,1H3. The lowest BCUT2D eigenvalue weighted by atomic mass is 9.88. The molecule has 1 atom stereocenters. The molecule has 0 aromatic heterocycles. The number of aliphatic hydroxyl groups excluding tert-OH is 1. The second kappa shape index (κ2) is 8.69. The minimum atomic E-state index is -3.32. The smallest absolute Gasteiger partial charge is 0.232 e. The van der Waals surface area contributed by atoms with Crippen LogP contribution in [0, 0.1) is 5.92 Å². The fraction of sp³-hybridized carbons (Fsp3) is 0.667. The van der Waals surface area contributed by atoms with Gasteiger partial charge in [-0.2, -0.15) is 0 Å². The quantitative estimate of drug-likeness (QED) is 0.745. The number of benzene rings is 1. The molecule has 0 radical (unpaired) electrons. The van der Waals surface area contributed by atoms with E-state index in [9.17, 15) is 13.5 Å². The molecule has 0 saturated heterocycles. The van der Waals surface area contributed by atoms with Crippen molar-refractivity contribution in [2.45, 2.75) is 64.4 Å². The lowest BCUT2D eigenvalue weighted by Gasteiger charge is -2.21. The first-order valence-corrected chi connectivity index (χ1v) is 10.4. The second-order valence-corrected chi connectivity index (χ2v) is 8.49. The van der Waals surface area contributed by atoms with Gasteiger partial charge in [0.15, 0.2) is 0 Å². The summed E-state index contributed by atoms with van der Waals surface area (Å²) in [6.45, 7) is 2.01. The zero-order valence-electron chi connectivity index (χ0n) is 14.0. The normalized spacial score (nSPS) is 17.8. The number of sulfonamides is 1. The van der Waals surface area contributed by atoms with Crippen LogP contribution in [0.5, 0.6) is 0 Å². The molecule has 23 heavy (non-hydrogen) atoms. The Morgan fingerprint density at radius 1 is 1.26 bits per heavy atom. The fourth-order valence-corrected chi connectivity index (χ4v) is 4.51. The summed E-state index contributed by atoms with van der Waals surface area (Å²) in [5.41, 5.74) is 1.31. The second-order valence-electron chi connectivity index (χ2n) is 6.64. The lowest BCUT2D eigenvalue weighted by molar-refractivity contribution is 0.166. The van der Waals surface area contributed by atoms with Gasteiger partial charge in [-0.25, -0.2) is 8.42 Å². The third kappa shape index (κ3) is 6.15. The fourth-order valence-electron chi connectivity index (χ4n) is 3.28. The summed E-state index contributed by atoms with van der Waals surface area (Å²) in [4.78, 5) is 0. The Morgan fingerprint density at radius 2 is 2.00 bits per heavy atom. The van der Waals surface area contributed by atoms with E-state index in [0.717, 1.165) is 31.2 Å². The Morgan fingerprint density at radius 3 is 2.70 bits per heavy atom. The molecule has 1 saturated carbocycles. The first kappa shape index (κ1) is 18.3. The third-order valence-corrected chi connectivity index (χ3v) is 5.95. The van der Waals surface area contributed by atoms with E-state index in [1.165, 1.54) is 19.3 Å². The molecule has 1 unspecified atom stereocenters. The number of anilines is 1. The molecule has 5 heteroatoms. The van der Waals surface area contributed by atoms with Crippen LogP contribution in [0.2, 0.25) is 0 Å². The van der Waals surface area contributed by atoms with Crippen LogP contribution in [0.25, 0.3) is 0 Å². The first-order valence-electron chi connectivity index (χ1n) is 8.78. The van der Waals surface area contributed by atoms with Gasteiger partial charge in [-0.05, 0) is 36.5 Å². The Hall–Kier alpha value is -1.07. The monoisotopic (exact) mass is 339 g/mol. The highest BCUT2D eigenvalue weighted by Crippen LogP contribution is 2.27. The molecule has 0 bridgehead atoms. The molecule has 1 aliphatic rings. The van der Waals surface area contributed by atoms with E-state index in [4.69, 9.17) is 0 Å². The molecule has 1 aliphatic carbocycles. The molecule has 0 aliphatic heterocycles. The van der Waals surface area contributed by atoms with Crippen molar-refractivity contribution < 1.29 is 13.5 Å². The summed E-state index contributed by atoms with van der Waals surface area (Å²) in [6.07, 6.45) is 7.85. The van der Waals surface area contributed by atoms with Gasteiger partial charge in [-0.1, -0.05) is 57.6 Å². The summed E-state index contributed by atoms with van der Waals surface area (Å²) in [5.74, 6) is 0.734. The average molecular weight is 340 g/mol. The summed E-state index contributed by atoms with van der Waals surface area (Å²) in [7, 11) is -3.32. The highest BCUT2D eigenvalue weighted by molar-refractivity contribution is 7.92. The Labute approximate surface area is 140 Å². The molecule has 0 heterocycles. The van der Waals surface area contributed by atoms with Crippen LogP contribution >= 0.6 is 0 Å². The minimum absolute atomic E-state index is 0.180. The first-order chi connectivity index (χ1) is 11.0. The molecule has 1 aromatic rings. The van der Waals surface area contributed by atoms with Gasteiger partial charge >= 0.3 is 0 Å². The Bertz CT molecular complexity index is 580. The van der Waals surface area contributed by atoms with Gasteiger partial charge in [0.2, 0.25) is 10.0 Å². The van der Waals surface area contributed by atoms with Crippen molar-refractivity contribution in [1.29, 1.82) is 0 Å². The largest absolute Gasteiger partial charge is 0.388 e. The van der Waals surface area contributed by atoms with Crippen LogP contribution in [0.4, 0.5) is 5.69 Å². The highest BCUT2D eigenvalue weighted by Gasteiger charge is 2.18. The molecule has 4 nitrogen and oxygen atoms in total. The molecule has 1 aromatic carbocycles. The maximum Gasteiger partial charge on any atom is 0.232 e. The third-order valence-electron chi connectivity index (χ3n) is 4.63. The SMILES string of the molecule is CCCC(O)c1cccc(NS(=O)(=O)CCC2CCCCC2)c1. The van der Waals surface area contributed by atoms with Gasteiger partial charge in [-0.15, -0.1) is 0 Å². The van der Waals surface area contributed by atoms with Crippen molar-refractivity contribution in [1.82, 2.24) is 0 Å². The zero-order valence-corrected chi connectivity index (χ0v) is 14.8. The van der Waals surface area contributed by atoms with E-state index in [0.29, 0.717) is 18.0 Å². The molecule has 1 fully saturated rings. The van der Waals surface area contributed by atoms with E-state index in [2.05, 4.69) is 4.72 Å². The van der Waals surface area contributed by atoms with Gasteiger partial charge in [0.1, 0.15) is 0 Å². The van der Waals surface area contributed by atoms with E-state index in [-0.39, 0.29) is 5.75 Å². The van der Waals surface area contributed by atoms with Crippen molar-refractivity contribution in [2.24, 2.45) is 5.92 Å². The topological polar surface area (TPSA) is 66.4 Å². The maximum absolute atomic E-state index is 12.3. The van der Waals surface area contributed by atoms with Crippen LogP contribution in [0.3, 0.4) is 0 Å². The predicted octanol–water partition coefficient (Wildman–Crippen LogP) is 4.23. The van der Waals surface area contributed by atoms with E-state index >= 15 is 0 Å². The molecule has 0 amide bonds. The van der Waals surface area contributed by atoms with Gasteiger partial charge in [0, 0.05) is 5.69 Å². The van der Waals surface area contributed by atoms with Crippen LogP contribution in [-0.2, 0) is 10.0 Å². The van der Waals surface area contributed by atoms with Crippen molar-refractivity contribution in [3.8, 4) is 0 Å². The zero-order chi connectivity index (χ0) is 16.7. The van der Waals surface area contributed by atoms with Gasteiger partial charge in [0.05, 0.1) is 11.9 Å². The molecule has 130 valence electrons. The van der Waals surface area contributed by atoms with Crippen molar-refractivity contribution in [3.05, 3.63) is 29.8 Å². The van der Waals surface area contributed by atoms with Gasteiger partial charge in [-0.3, -0.25) is 4.72 Å². The summed E-state index contributed by atoms with van der Waals surface area (Å²) in [5, 5.41) is 10.0. The summed E-state index contributed by atoms with van der Waals surface area (Å²) in [6, 6.07) is 7.09. The van der Waals surface area contributed by atoms with Crippen LogP contribution in [0.15, 0.2) is 24.3 Å². The van der Waals surface area contributed by atoms with E-state index in [1.807, 2.05) is 13.0 Å². The molecular weight excluding hydrogens is 310 g/mol. The number of rotatable bonds is 8. The Kier molecular flexibility index (Phi) is 6.90. The summed E-state index contributed by atoms with van der Waals surface area (Å²) >= 11 is 0.